The van der Waals surface area contributed by atoms with E-state index in [1.807, 2.05) is 4.90 Å². The molecule has 1 heterocycles. The second-order valence-corrected chi connectivity index (χ2v) is 4.70. The van der Waals surface area contributed by atoms with Crippen LogP contribution in [0.3, 0.4) is 0 Å². The van der Waals surface area contributed by atoms with Crippen molar-refractivity contribution in [2.45, 2.75) is 19.1 Å². The van der Waals surface area contributed by atoms with Crippen molar-refractivity contribution in [2.24, 2.45) is 0 Å². The van der Waals surface area contributed by atoms with Crippen LogP contribution >= 0.6 is 12.4 Å². The molecule has 1 saturated heterocycles. The van der Waals surface area contributed by atoms with Gasteiger partial charge in [-0.15, -0.1) is 12.4 Å². The van der Waals surface area contributed by atoms with E-state index in [1.54, 1.807) is 6.92 Å². The van der Waals surface area contributed by atoms with Crippen LogP contribution in [0.15, 0.2) is 18.2 Å². The summed E-state index contributed by atoms with van der Waals surface area (Å²) >= 11 is 0. The highest BCUT2D eigenvalue weighted by Gasteiger charge is 2.32. The summed E-state index contributed by atoms with van der Waals surface area (Å²) in [4.78, 5) is 1.98. The van der Waals surface area contributed by atoms with Gasteiger partial charge in [0, 0.05) is 37.8 Å². The highest BCUT2D eigenvalue weighted by atomic mass is 35.5. The predicted octanol–water partition coefficient (Wildman–Crippen LogP) is 3.23. The minimum atomic E-state index is -4.44. The lowest BCUT2D eigenvalue weighted by molar-refractivity contribution is -0.137. The monoisotopic (exact) mass is 312 g/mol. The van der Waals surface area contributed by atoms with Crippen LogP contribution in [0.2, 0.25) is 0 Å². The molecule has 1 aromatic rings. The van der Waals surface area contributed by atoms with Crippen LogP contribution in [-0.4, -0.2) is 31.1 Å². The number of piperazine rings is 1. The fourth-order valence-corrected chi connectivity index (χ4v) is 2.31. The maximum Gasteiger partial charge on any atom is 0.416 e. The third kappa shape index (κ3) is 3.84. The van der Waals surface area contributed by atoms with Crippen molar-refractivity contribution in [1.29, 1.82) is 0 Å². The van der Waals surface area contributed by atoms with Gasteiger partial charge in [-0.3, -0.25) is 4.90 Å². The molecule has 1 aliphatic heterocycles. The standard InChI is InChI=1S/C13H16F4N2.ClH/c1-9(19-6-4-18-5-7-19)11-8-10(13(15,16)17)2-3-12(11)14;/h2-3,8-9,18H,4-7H2,1H3;1H/t9-;/m1./s1. The van der Waals surface area contributed by atoms with Gasteiger partial charge >= 0.3 is 6.18 Å². The van der Waals surface area contributed by atoms with Crippen LogP contribution in [0.25, 0.3) is 0 Å². The Morgan fingerprint density at radius 3 is 2.35 bits per heavy atom. The van der Waals surface area contributed by atoms with Crippen LogP contribution in [0, 0.1) is 5.82 Å². The van der Waals surface area contributed by atoms with E-state index in [1.165, 1.54) is 0 Å². The first-order chi connectivity index (χ1) is 8.89. The SMILES string of the molecule is C[C@H](c1cc(C(F)(F)F)ccc1F)N1CCNCC1.Cl. The summed E-state index contributed by atoms with van der Waals surface area (Å²) in [6, 6.07) is 2.24. The molecule has 1 aliphatic rings. The second kappa shape index (κ2) is 6.74. The van der Waals surface area contributed by atoms with Crippen molar-refractivity contribution >= 4 is 12.4 Å². The Balaban J connectivity index is 0.00000200. The van der Waals surface area contributed by atoms with Gasteiger partial charge in [-0.2, -0.15) is 13.2 Å². The molecule has 114 valence electrons. The number of rotatable bonds is 2. The lowest BCUT2D eigenvalue weighted by atomic mass is 10.0. The summed E-state index contributed by atoms with van der Waals surface area (Å²) in [5.74, 6) is -0.584. The smallest absolute Gasteiger partial charge is 0.314 e. The van der Waals surface area contributed by atoms with Crippen LogP contribution in [0.5, 0.6) is 0 Å². The Kier molecular flexibility index (Phi) is 5.79. The third-order valence-electron chi connectivity index (χ3n) is 3.47. The van der Waals surface area contributed by atoms with Crippen molar-refractivity contribution in [2.75, 3.05) is 26.2 Å². The van der Waals surface area contributed by atoms with Gasteiger partial charge in [-0.05, 0) is 25.1 Å². The first-order valence-corrected chi connectivity index (χ1v) is 6.21. The molecule has 0 radical (unpaired) electrons. The predicted molar refractivity (Wildman–Crippen MR) is 71.5 cm³/mol. The van der Waals surface area contributed by atoms with Crippen LogP contribution in [0.4, 0.5) is 17.6 Å². The summed E-state index contributed by atoms with van der Waals surface area (Å²) in [5.41, 5.74) is -0.692. The number of benzene rings is 1. The van der Waals surface area contributed by atoms with Crippen molar-refractivity contribution in [3.8, 4) is 0 Å². The highest BCUT2D eigenvalue weighted by molar-refractivity contribution is 5.85. The summed E-state index contributed by atoms with van der Waals surface area (Å²) < 4.78 is 51.7. The van der Waals surface area contributed by atoms with Gasteiger partial charge in [0.05, 0.1) is 5.56 Å². The van der Waals surface area contributed by atoms with Crippen molar-refractivity contribution in [1.82, 2.24) is 10.2 Å². The van der Waals surface area contributed by atoms with E-state index in [4.69, 9.17) is 0 Å². The van der Waals surface area contributed by atoms with Crippen molar-refractivity contribution in [3.05, 3.63) is 35.1 Å². The van der Waals surface area contributed by atoms with E-state index in [0.717, 1.165) is 31.3 Å². The Hall–Kier alpha value is -0.850. The average Bonchev–Trinajstić information content (AvgIpc) is 2.38. The molecule has 20 heavy (non-hydrogen) atoms. The fourth-order valence-electron chi connectivity index (χ4n) is 2.31. The molecule has 1 fully saturated rings. The van der Waals surface area contributed by atoms with E-state index >= 15 is 0 Å². The minimum absolute atomic E-state index is 0. The van der Waals surface area contributed by atoms with Gasteiger partial charge in [0.1, 0.15) is 5.82 Å². The molecule has 7 heteroatoms. The van der Waals surface area contributed by atoms with Gasteiger partial charge in [0.2, 0.25) is 0 Å². The number of nitrogens with one attached hydrogen (secondary N) is 1. The zero-order valence-corrected chi connectivity index (χ0v) is 11.8. The number of nitrogens with zero attached hydrogens (tertiary/aromatic N) is 1. The largest absolute Gasteiger partial charge is 0.416 e. The zero-order chi connectivity index (χ0) is 14.0. The Bertz CT molecular complexity index is 444. The van der Waals surface area contributed by atoms with E-state index in [0.29, 0.717) is 13.1 Å². The molecule has 0 aromatic heterocycles. The molecule has 0 amide bonds. The third-order valence-corrected chi connectivity index (χ3v) is 3.47. The second-order valence-electron chi connectivity index (χ2n) is 4.70. The van der Waals surface area contributed by atoms with Crippen LogP contribution < -0.4 is 5.32 Å². The zero-order valence-electron chi connectivity index (χ0n) is 11.0. The molecule has 1 atom stereocenters. The summed E-state index contributed by atoms with van der Waals surface area (Å²) in [5, 5.41) is 3.16. The maximum absolute atomic E-state index is 13.8. The normalized spacial score (nSPS) is 18.4. The van der Waals surface area contributed by atoms with Crippen molar-refractivity contribution in [3.63, 3.8) is 0 Å². The Morgan fingerprint density at radius 2 is 1.80 bits per heavy atom. The first kappa shape index (κ1) is 17.2. The molecular weight excluding hydrogens is 296 g/mol. The number of halogens is 5. The minimum Gasteiger partial charge on any atom is -0.314 e. The topological polar surface area (TPSA) is 15.3 Å². The van der Waals surface area contributed by atoms with Crippen molar-refractivity contribution < 1.29 is 17.6 Å². The highest BCUT2D eigenvalue weighted by Crippen LogP contribution is 2.33. The van der Waals surface area contributed by atoms with Gasteiger partial charge in [0.15, 0.2) is 0 Å². The van der Waals surface area contributed by atoms with Crippen LogP contribution in [-0.2, 0) is 6.18 Å². The molecule has 1 N–H and O–H groups in total. The summed E-state index contributed by atoms with van der Waals surface area (Å²) in [6.07, 6.45) is -4.44. The molecule has 0 spiro atoms. The molecule has 0 unspecified atom stereocenters. The van der Waals surface area contributed by atoms with E-state index in [2.05, 4.69) is 5.32 Å². The number of hydrogen-bond acceptors (Lipinski definition) is 2. The first-order valence-electron chi connectivity index (χ1n) is 6.21. The summed E-state index contributed by atoms with van der Waals surface area (Å²) in [6.45, 7) is 4.69. The van der Waals surface area contributed by atoms with E-state index in [9.17, 15) is 17.6 Å². The Labute approximate surface area is 121 Å². The molecule has 2 rings (SSSR count). The molecule has 1 aromatic carbocycles. The van der Waals surface area contributed by atoms with E-state index in [-0.39, 0.29) is 24.0 Å². The quantitative estimate of drug-likeness (QED) is 0.844. The lowest BCUT2D eigenvalue weighted by Gasteiger charge is -2.33. The molecule has 0 saturated carbocycles. The number of alkyl halides is 3. The van der Waals surface area contributed by atoms with Gasteiger partial charge < -0.3 is 5.32 Å². The van der Waals surface area contributed by atoms with Crippen LogP contribution in [0.1, 0.15) is 24.1 Å². The molecular formula is C13H17ClF4N2. The van der Waals surface area contributed by atoms with Gasteiger partial charge in [-0.25, -0.2) is 4.39 Å². The maximum atomic E-state index is 13.8. The summed E-state index contributed by atoms with van der Waals surface area (Å²) in [7, 11) is 0. The Morgan fingerprint density at radius 1 is 1.20 bits per heavy atom. The molecule has 2 nitrogen and oxygen atoms in total. The van der Waals surface area contributed by atoms with E-state index < -0.39 is 17.6 Å². The van der Waals surface area contributed by atoms with Gasteiger partial charge in [-0.1, -0.05) is 0 Å². The molecule has 0 bridgehead atoms. The number of hydrogen-bond donors (Lipinski definition) is 1. The lowest BCUT2D eigenvalue weighted by Crippen LogP contribution is -2.44. The molecule has 0 aliphatic carbocycles. The van der Waals surface area contributed by atoms with Gasteiger partial charge in [0.25, 0.3) is 0 Å². The fraction of sp³-hybridized carbons (Fsp3) is 0.538. The average molecular weight is 313 g/mol.